The Morgan fingerprint density at radius 3 is 2.47 bits per heavy atom. The first-order valence-electron chi connectivity index (χ1n) is 9.68. The maximum Gasteiger partial charge on any atom is 0.416 e. The van der Waals surface area contributed by atoms with Crippen LogP contribution in [0, 0.1) is 0 Å². The quantitative estimate of drug-likeness (QED) is 0.604. The smallest absolute Gasteiger partial charge is 0.350 e. The molecular formula is C20H27F3N4O2S. The number of aryl methyl sites for hydroxylation is 1. The highest BCUT2D eigenvalue weighted by atomic mass is 32.2. The maximum absolute atomic E-state index is 13.0. The normalized spacial score (nSPS) is 12.2. The number of halogens is 3. The zero-order valence-electron chi connectivity index (χ0n) is 17.5. The van der Waals surface area contributed by atoms with E-state index in [1.54, 1.807) is 0 Å². The van der Waals surface area contributed by atoms with E-state index in [1.165, 1.54) is 6.07 Å². The molecule has 1 aromatic carbocycles. The van der Waals surface area contributed by atoms with Gasteiger partial charge in [0, 0.05) is 12.1 Å². The zero-order chi connectivity index (χ0) is 22.5. The van der Waals surface area contributed by atoms with Crippen molar-refractivity contribution < 1.29 is 22.8 Å². The van der Waals surface area contributed by atoms with Gasteiger partial charge in [-0.2, -0.15) is 13.2 Å². The van der Waals surface area contributed by atoms with Gasteiger partial charge in [0.1, 0.15) is 0 Å². The van der Waals surface area contributed by atoms with Crippen LogP contribution in [0.5, 0.6) is 0 Å². The number of thioether (sulfide) groups is 1. The number of carbonyl (C=O) groups excluding carboxylic acids is 2. The molecule has 2 aromatic rings. The number of unbranched alkanes of at least 4 members (excludes halogenated alkanes) is 1. The van der Waals surface area contributed by atoms with Gasteiger partial charge in [0.25, 0.3) is 0 Å². The van der Waals surface area contributed by atoms with Crippen molar-refractivity contribution in [2.75, 3.05) is 12.3 Å². The summed E-state index contributed by atoms with van der Waals surface area (Å²) in [5.41, 5.74) is -0.303. The van der Waals surface area contributed by atoms with E-state index in [0.29, 0.717) is 17.2 Å². The Morgan fingerprint density at radius 1 is 1.17 bits per heavy atom. The number of aromatic nitrogens is 2. The molecular weight excluding hydrogens is 417 g/mol. The Labute approximate surface area is 178 Å². The Kier molecular flexibility index (Phi) is 7.79. The summed E-state index contributed by atoms with van der Waals surface area (Å²) in [6, 6.07) is 3.49. The second-order valence-electron chi connectivity index (χ2n) is 7.96. The van der Waals surface area contributed by atoms with Crippen LogP contribution in [-0.4, -0.2) is 39.2 Å². The summed E-state index contributed by atoms with van der Waals surface area (Å²) < 4.78 is 40.9. The van der Waals surface area contributed by atoms with Crippen molar-refractivity contribution >= 4 is 34.6 Å². The van der Waals surface area contributed by atoms with Gasteiger partial charge in [-0.15, -0.1) is 0 Å². The van der Waals surface area contributed by atoms with E-state index in [4.69, 9.17) is 0 Å². The average Bonchev–Trinajstić information content (AvgIpc) is 2.97. The third-order valence-electron chi connectivity index (χ3n) is 4.07. The second-order valence-corrected chi connectivity index (χ2v) is 8.91. The Bertz CT molecular complexity index is 904. The second kappa shape index (κ2) is 9.72. The molecule has 0 aliphatic carbocycles. The molecule has 6 nitrogen and oxygen atoms in total. The fourth-order valence-electron chi connectivity index (χ4n) is 2.75. The lowest BCUT2D eigenvalue weighted by molar-refractivity contribution is -0.137. The first kappa shape index (κ1) is 24.0. The van der Waals surface area contributed by atoms with E-state index in [0.717, 1.165) is 36.7 Å². The van der Waals surface area contributed by atoms with Gasteiger partial charge < -0.3 is 15.2 Å². The molecule has 0 saturated heterocycles. The molecule has 0 unspecified atom stereocenters. The first-order valence-corrected chi connectivity index (χ1v) is 10.7. The van der Waals surface area contributed by atoms with Crippen molar-refractivity contribution in [2.45, 2.75) is 64.0 Å². The minimum Gasteiger partial charge on any atom is -0.350 e. The average molecular weight is 445 g/mol. The summed E-state index contributed by atoms with van der Waals surface area (Å²) >= 11 is 1.14. The minimum absolute atomic E-state index is 0.00434. The molecule has 2 amide bonds. The van der Waals surface area contributed by atoms with Crippen LogP contribution in [0.2, 0.25) is 0 Å². The highest BCUT2D eigenvalue weighted by Gasteiger charge is 2.31. The molecule has 2 rings (SSSR count). The van der Waals surface area contributed by atoms with E-state index in [1.807, 2.05) is 32.3 Å². The predicted octanol–water partition coefficient (Wildman–Crippen LogP) is 3.98. The molecule has 0 bridgehead atoms. The molecule has 0 aliphatic rings. The fourth-order valence-corrected chi connectivity index (χ4v) is 3.62. The molecule has 0 aliphatic heterocycles. The van der Waals surface area contributed by atoms with E-state index in [9.17, 15) is 22.8 Å². The number of carbonyl (C=O) groups is 2. The van der Waals surface area contributed by atoms with Crippen molar-refractivity contribution in [3.8, 4) is 0 Å². The number of alkyl halides is 3. The van der Waals surface area contributed by atoms with Crippen LogP contribution in [0.25, 0.3) is 11.0 Å². The zero-order valence-corrected chi connectivity index (χ0v) is 18.3. The summed E-state index contributed by atoms with van der Waals surface area (Å²) in [7, 11) is 0. The lowest BCUT2D eigenvalue weighted by Gasteiger charge is -2.20. The summed E-state index contributed by atoms with van der Waals surface area (Å²) in [4.78, 5) is 28.2. The molecule has 1 heterocycles. The van der Waals surface area contributed by atoms with Gasteiger partial charge in [0.15, 0.2) is 5.16 Å². The molecule has 0 fully saturated rings. The minimum atomic E-state index is -4.44. The van der Waals surface area contributed by atoms with Gasteiger partial charge in [-0.3, -0.25) is 9.59 Å². The summed E-state index contributed by atoms with van der Waals surface area (Å²) in [5.74, 6) is -0.644. The largest absolute Gasteiger partial charge is 0.416 e. The lowest BCUT2D eigenvalue weighted by atomic mass is 10.1. The highest BCUT2D eigenvalue weighted by molar-refractivity contribution is 7.99. The SMILES string of the molecule is CCCCn1c(SCC(=O)NCC(=O)NC(C)(C)C)nc2cc(C(F)(F)F)ccc21. The third kappa shape index (κ3) is 6.93. The van der Waals surface area contributed by atoms with Crippen LogP contribution in [0.1, 0.15) is 46.1 Å². The summed E-state index contributed by atoms with van der Waals surface area (Å²) in [5, 5.41) is 5.77. The van der Waals surface area contributed by atoms with Crippen LogP contribution >= 0.6 is 11.8 Å². The Morgan fingerprint density at radius 2 is 1.87 bits per heavy atom. The lowest BCUT2D eigenvalue weighted by Crippen LogP contribution is -2.46. The Hall–Kier alpha value is -2.23. The number of rotatable bonds is 8. The molecule has 166 valence electrons. The van der Waals surface area contributed by atoms with Crippen molar-refractivity contribution in [1.29, 1.82) is 0 Å². The summed E-state index contributed by atoms with van der Waals surface area (Å²) in [6.07, 6.45) is -2.70. The number of hydrogen-bond acceptors (Lipinski definition) is 4. The van der Waals surface area contributed by atoms with Gasteiger partial charge in [0.2, 0.25) is 11.8 Å². The standard InChI is InChI=1S/C20H27F3N4O2S/c1-5-6-9-27-15-8-7-13(20(21,22)23)10-14(15)25-18(27)30-12-17(29)24-11-16(28)26-19(2,3)4/h7-8,10H,5-6,9,11-12H2,1-4H3,(H,24,29)(H,26,28). The van der Waals surface area contributed by atoms with Crippen molar-refractivity contribution in [2.24, 2.45) is 0 Å². The van der Waals surface area contributed by atoms with Gasteiger partial charge in [-0.05, 0) is 45.4 Å². The number of nitrogens with one attached hydrogen (secondary N) is 2. The first-order chi connectivity index (χ1) is 13.9. The van der Waals surface area contributed by atoms with Gasteiger partial charge >= 0.3 is 6.18 Å². The fraction of sp³-hybridized carbons (Fsp3) is 0.550. The number of amides is 2. The maximum atomic E-state index is 13.0. The van der Waals surface area contributed by atoms with Crippen LogP contribution in [0.15, 0.2) is 23.4 Å². The highest BCUT2D eigenvalue weighted by Crippen LogP contribution is 2.33. The molecule has 1 aromatic heterocycles. The third-order valence-corrected chi connectivity index (χ3v) is 5.05. The van der Waals surface area contributed by atoms with E-state index >= 15 is 0 Å². The van der Waals surface area contributed by atoms with Crippen molar-refractivity contribution in [1.82, 2.24) is 20.2 Å². The molecule has 10 heteroatoms. The van der Waals surface area contributed by atoms with Crippen LogP contribution in [-0.2, 0) is 22.3 Å². The summed E-state index contributed by atoms with van der Waals surface area (Å²) in [6.45, 7) is 7.99. The van der Waals surface area contributed by atoms with Gasteiger partial charge in [-0.1, -0.05) is 25.1 Å². The molecule has 0 saturated carbocycles. The van der Waals surface area contributed by atoms with E-state index in [2.05, 4.69) is 15.6 Å². The van der Waals surface area contributed by atoms with E-state index < -0.39 is 17.3 Å². The van der Waals surface area contributed by atoms with Crippen LogP contribution in [0.4, 0.5) is 13.2 Å². The van der Waals surface area contributed by atoms with E-state index in [-0.39, 0.29) is 29.6 Å². The number of nitrogens with zero attached hydrogens (tertiary/aromatic N) is 2. The monoisotopic (exact) mass is 444 g/mol. The molecule has 2 N–H and O–H groups in total. The van der Waals surface area contributed by atoms with Crippen molar-refractivity contribution in [3.05, 3.63) is 23.8 Å². The number of imidazole rings is 1. The number of benzene rings is 1. The molecule has 30 heavy (non-hydrogen) atoms. The predicted molar refractivity (Wildman–Crippen MR) is 111 cm³/mol. The van der Waals surface area contributed by atoms with Gasteiger partial charge in [0.05, 0.1) is 28.9 Å². The van der Waals surface area contributed by atoms with Gasteiger partial charge in [-0.25, -0.2) is 4.98 Å². The number of fused-ring (bicyclic) bond motifs is 1. The van der Waals surface area contributed by atoms with Crippen LogP contribution in [0.3, 0.4) is 0 Å². The number of hydrogen-bond donors (Lipinski definition) is 2. The van der Waals surface area contributed by atoms with Crippen molar-refractivity contribution in [3.63, 3.8) is 0 Å². The molecule has 0 radical (unpaired) electrons. The molecule has 0 atom stereocenters. The molecule has 0 spiro atoms. The topological polar surface area (TPSA) is 76.0 Å². The Balaban J connectivity index is 2.09. The van der Waals surface area contributed by atoms with Crippen LogP contribution < -0.4 is 10.6 Å².